The monoisotopic (exact) mass is 758 g/mol. The van der Waals surface area contributed by atoms with E-state index in [0.717, 1.165) is 33.6 Å². The molecule has 0 amide bonds. The summed E-state index contributed by atoms with van der Waals surface area (Å²) in [6.45, 7) is 2.25. The minimum Gasteiger partial charge on any atom is -0.475 e. The van der Waals surface area contributed by atoms with E-state index >= 15 is 0 Å². The first-order chi connectivity index (χ1) is 26.9. The number of carbonyl (C=O) groups is 6. The maximum Gasteiger partial charge on any atom is 0.375 e. The number of halogens is 2. The first-order valence-corrected chi connectivity index (χ1v) is 17.5. The SMILES string of the molecule is CCOC(=O)C(=O)CC(=O)c1ccc(-c2ccccc2)n1Cc1ccc(F)cc1.O=C(O)C(=O)CC(=O)c1ccc(-c2ccccc2)n1Cc1ccc(F)cc1. The Kier molecular flexibility index (Phi) is 13.5. The maximum atomic E-state index is 13.3. The number of aromatic nitrogens is 2. The summed E-state index contributed by atoms with van der Waals surface area (Å²) in [6.07, 6.45) is -1.28. The van der Waals surface area contributed by atoms with Crippen LogP contribution in [-0.2, 0) is 37.0 Å². The minimum absolute atomic E-state index is 0.0673. The molecule has 0 saturated heterocycles. The van der Waals surface area contributed by atoms with Crippen LogP contribution in [0.25, 0.3) is 22.5 Å². The molecular formula is C44H36F2N2O8. The van der Waals surface area contributed by atoms with Gasteiger partial charge in [0.05, 0.1) is 30.8 Å². The second-order valence-corrected chi connectivity index (χ2v) is 12.4. The number of Topliss-reactive ketones (excluding diaryl/α,β-unsaturated/α-hetero) is 4. The van der Waals surface area contributed by atoms with E-state index in [2.05, 4.69) is 4.74 Å². The molecule has 0 radical (unpaired) electrons. The molecule has 1 N–H and O–H groups in total. The van der Waals surface area contributed by atoms with Crippen LogP contribution in [0.15, 0.2) is 133 Å². The van der Waals surface area contributed by atoms with Crippen LogP contribution < -0.4 is 0 Å². The molecule has 0 atom stereocenters. The zero-order valence-electron chi connectivity index (χ0n) is 30.2. The third-order valence-electron chi connectivity index (χ3n) is 8.56. The quantitative estimate of drug-likeness (QED) is 0.0488. The lowest BCUT2D eigenvalue weighted by Gasteiger charge is -2.13. The van der Waals surface area contributed by atoms with E-state index in [4.69, 9.17) is 5.11 Å². The van der Waals surface area contributed by atoms with Gasteiger partial charge in [-0.25, -0.2) is 18.4 Å². The summed E-state index contributed by atoms with van der Waals surface area (Å²) in [5.74, 6) is -6.45. The van der Waals surface area contributed by atoms with E-state index in [-0.39, 0.29) is 30.5 Å². The van der Waals surface area contributed by atoms with Crippen LogP contribution in [0.1, 0.15) is 51.9 Å². The van der Waals surface area contributed by atoms with Crippen molar-refractivity contribution in [3.63, 3.8) is 0 Å². The highest BCUT2D eigenvalue weighted by Gasteiger charge is 2.24. The summed E-state index contributed by atoms with van der Waals surface area (Å²) < 4.78 is 34.6. The van der Waals surface area contributed by atoms with Gasteiger partial charge in [0, 0.05) is 24.5 Å². The molecule has 0 aliphatic rings. The predicted molar refractivity (Wildman–Crippen MR) is 203 cm³/mol. The fraction of sp³-hybridized carbons (Fsp3) is 0.136. The lowest BCUT2D eigenvalue weighted by molar-refractivity contribution is -0.153. The molecule has 6 aromatic rings. The Morgan fingerprint density at radius 3 is 1.30 bits per heavy atom. The van der Waals surface area contributed by atoms with E-state index in [0.29, 0.717) is 12.2 Å². The molecule has 0 unspecified atom stereocenters. The van der Waals surface area contributed by atoms with Crippen LogP contribution in [0.5, 0.6) is 0 Å². The van der Waals surface area contributed by atoms with Crippen molar-refractivity contribution >= 4 is 35.1 Å². The van der Waals surface area contributed by atoms with E-state index < -0.39 is 47.9 Å². The second-order valence-electron chi connectivity index (χ2n) is 12.4. The van der Waals surface area contributed by atoms with Crippen LogP contribution in [0, 0.1) is 11.6 Å². The number of carbonyl (C=O) groups excluding carboxylic acids is 5. The van der Waals surface area contributed by atoms with Crippen molar-refractivity contribution in [3.05, 3.63) is 168 Å². The highest BCUT2D eigenvalue weighted by molar-refractivity contribution is 6.38. The number of rotatable bonds is 15. The molecule has 0 fully saturated rings. The number of hydrogen-bond acceptors (Lipinski definition) is 7. The van der Waals surface area contributed by atoms with Gasteiger partial charge in [-0.2, -0.15) is 0 Å². The zero-order chi connectivity index (χ0) is 40.2. The number of carboxylic acid groups (broad SMARTS) is 1. The smallest absolute Gasteiger partial charge is 0.375 e. The van der Waals surface area contributed by atoms with Crippen molar-refractivity contribution in [2.24, 2.45) is 0 Å². The Labute approximate surface area is 320 Å². The molecule has 12 heteroatoms. The average Bonchev–Trinajstić information content (AvgIpc) is 3.82. The molecule has 10 nitrogen and oxygen atoms in total. The molecule has 2 aromatic heterocycles. The standard InChI is InChI=1S/C23H20FNO4.C21H16FNO4/c1-2-29-23(28)22(27)14-21(26)20-13-12-19(17-6-4-3-5-7-17)25(20)15-16-8-10-18(24)11-9-16;22-16-8-6-14(7-9-16)13-23-17(15-4-2-1-3-5-15)10-11-18(23)19(24)12-20(25)21(26)27/h3-13H,2,14-15H2,1H3;1-11H,12-13H2,(H,26,27). The molecule has 0 bridgehead atoms. The van der Waals surface area contributed by atoms with Gasteiger partial charge < -0.3 is 19.0 Å². The van der Waals surface area contributed by atoms with Crippen LogP contribution in [0.3, 0.4) is 0 Å². The molecule has 0 spiro atoms. The molecule has 56 heavy (non-hydrogen) atoms. The Balaban J connectivity index is 0.000000215. The van der Waals surface area contributed by atoms with Crippen LogP contribution in [0.2, 0.25) is 0 Å². The fourth-order valence-electron chi connectivity index (χ4n) is 5.86. The highest BCUT2D eigenvalue weighted by Crippen LogP contribution is 2.26. The molecule has 0 aliphatic heterocycles. The van der Waals surface area contributed by atoms with Crippen molar-refractivity contribution < 1.29 is 47.4 Å². The number of benzene rings is 4. The molecule has 0 aliphatic carbocycles. The first-order valence-electron chi connectivity index (χ1n) is 17.5. The molecule has 2 heterocycles. The van der Waals surface area contributed by atoms with E-state index in [1.165, 1.54) is 24.3 Å². The van der Waals surface area contributed by atoms with Gasteiger partial charge in [-0.3, -0.25) is 19.2 Å². The summed E-state index contributed by atoms with van der Waals surface area (Å²) in [5.41, 5.74) is 5.37. The summed E-state index contributed by atoms with van der Waals surface area (Å²) >= 11 is 0. The number of ketones is 4. The number of carboxylic acids is 1. The van der Waals surface area contributed by atoms with Gasteiger partial charge in [0.1, 0.15) is 11.6 Å². The van der Waals surface area contributed by atoms with Gasteiger partial charge in [-0.05, 0) is 77.7 Å². The molecule has 0 saturated carbocycles. The maximum absolute atomic E-state index is 13.3. The summed E-state index contributed by atoms with van der Waals surface area (Å²) in [5, 5.41) is 8.75. The van der Waals surface area contributed by atoms with Crippen LogP contribution in [-0.4, -0.2) is 55.9 Å². The average molecular weight is 759 g/mol. The van der Waals surface area contributed by atoms with Crippen LogP contribution >= 0.6 is 0 Å². The van der Waals surface area contributed by atoms with E-state index in [9.17, 15) is 37.5 Å². The van der Waals surface area contributed by atoms with Crippen molar-refractivity contribution in [2.45, 2.75) is 32.9 Å². The number of nitrogens with zero attached hydrogens (tertiary/aromatic N) is 2. The second kappa shape index (κ2) is 18.8. The van der Waals surface area contributed by atoms with E-state index in [1.807, 2.05) is 60.7 Å². The minimum atomic E-state index is -1.64. The van der Waals surface area contributed by atoms with E-state index in [1.54, 1.807) is 64.6 Å². The Morgan fingerprint density at radius 2 is 0.929 bits per heavy atom. The van der Waals surface area contributed by atoms with Crippen molar-refractivity contribution in [3.8, 4) is 22.5 Å². The number of hydrogen-bond donors (Lipinski definition) is 1. The number of aliphatic carboxylic acids is 1. The zero-order valence-corrected chi connectivity index (χ0v) is 30.2. The number of esters is 1. The Bertz CT molecular complexity index is 2350. The highest BCUT2D eigenvalue weighted by atomic mass is 19.1. The third-order valence-corrected chi connectivity index (χ3v) is 8.56. The summed E-state index contributed by atoms with van der Waals surface area (Å²) in [4.78, 5) is 71.0. The van der Waals surface area contributed by atoms with Crippen molar-refractivity contribution in [1.29, 1.82) is 0 Å². The normalized spacial score (nSPS) is 10.6. The molecule has 4 aromatic carbocycles. The Hall–Kier alpha value is -7.08. The van der Waals surface area contributed by atoms with Crippen molar-refractivity contribution in [1.82, 2.24) is 9.13 Å². The first kappa shape index (κ1) is 40.1. The van der Waals surface area contributed by atoms with Gasteiger partial charge in [0.25, 0.3) is 0 Å². The van der Waals surface area contributed by atoms with Gasteiger partial charge in [-0.1, -0.05) is 84.9 Å². The summed E-state index contributed by atoms with van der Waals surface area (Å²) in [6, 6.07) is 37.5. The van der Waals surface area contributed by atoms with Gasteiger partial charge >= 0.3 is 11.9 Å². The Morgan fingerprint density at radius 1 is 0.536 bits per heavy atom. The third kappa shape index (κ3) is 10.3. The lowest BCUT2D eigenvalue weighted by atomic mass is 10.1. The van der Waals surface area contributed by atoms with Crippen molar-refractivity contribution in [2.75, 3.05) is 6.61 Å². The van der Waals surface area contributed by atoms with Gasteiger partial charge in [0.2, 0.25) is 11.6 Å². The largest absolute Gasteiger partial charge is 0.475 e. The van der Waals surface area contributed by atoms with Gasteiger partial charge in [-0.15, -0.1) is 0 Å². The summed E-state index contributed by atoms with van der Waals surface area (Å²) in [7, 11) is 0. The number of ether oxygens (including phenoxy) is 1. The predicted octanol–water partition coefficient (Wildman–Crippen LogP) is 7.62. The topological polar surface area (TPSA) is 142 Å². The molecular weight excluding hydrogens is 722 g/mol. The molecule has 284 valence electrons. The fourth-order valence-corrected chi connectivity index (χ4v) is 5.86. The van der Waals surface area contributed by atoms with Gasteiger partial charge in [0.15, 0.2) is 11.6 Å². The van der Waals surface area contributed by atoms with Crippen LogP contribution in [0.4, 0.5) is 8.78 Å². The molecule has 6 rings (SSSR count). The lowest BCUT2D eigenvalue weighted by Crippen LogP contribution is -2.22.